The van der Waals surface area contributed by atoms with E-state index in [-0.39, 0.29) is 0 Å². The fourth-order valence-electron chi connectivity index (χ4n) is 7.41. The van der Waals surface area contributed by atoms with Crippen molar-refractivity contribution in [1.82, 2.24) is 24.5 Å². The van der Waals surface area contributed by atoms with E-state index in [0.29, 0.717) is 28.9 Å². The smallest absolute Gasteiger partial charge is 0.227 e. The Hall–Kier alpha value is -7.38. The Balaban J connectivity index is 0.997. The van der Waals surface area contributed by atoms with E-state index in [0.717, 1.165) is 55.4 Å². The molecule has 0 aliphatic rings. The number of rotatable bonds is 5. The predicted molar refractivity (Wildman–Crippen MR) is 211 cm³/mol. The van der Waals surface area contributed by atoms with Crippen LogP contribution >= 0.6 is 0 Å². The van der Waals surface area contributed by atoms with E-state index in [1.165, 1.54) is 21.8 Å². The van der Waals surface area contributed by atoms with Crippen molar-refractivity contribution in [1.29, 1.82) is 0 Å². The summed E-state index contributed by atoms with van der Waals surface area (Å²) < 4.78 is 15.1. The van der Waals surface area contributed by atoms with E-state index in [1.807, 2.05) is 78.9 Å². The Kier molecular flexibility index (Phi) is 6.42. The van der Waals surface area contributed by atoms with Gasteiger partial charge in [-0.2, -0.15) is 0 Å². The Morgan fingerprint density at radius 2 is 1.02 bits per heavy atom. The molecule has 4 aromatic heterocycles. The van der Waals surface area contributed by atoms with Crippen molar-refractivity contribution in [3.05, 3.63) is 164 Å². The second kappa shape index (κ2) is 11.6. The summed E-state index contributed by atoms with van der Waals surface area (Å²) >= 11 is 0. The molecule has 11 rings (SSSR count). The number of hydrogen-bond acceptors (Lipinski definition) is 6. The molecule has 0 N–H and O–H groups in total. The van der Waals surface area contributed by atoms with Crippen molar-refractivity contribution in [2.45, 2.75) is 0 Å². The van der Waals surface area contributed by atoms with Crippen LogP contribution in [0.15, 0.2) is 173 Å². The van der Waals surface area contributed by atoms with Gasteiger partial charge in [0, 0.05) is 43.9 Å². The molecule has 4 heterocycles. The number of furan rings is 1. The van der Waals surface area contributed by atoms with Gasteiger partial charge in [-0.3, -0.25) is 0 Å². The van der Waals surface area contributed by atoms with Crippen LogP contribution in [-0.4, -0.2) is 24.5 Å². The third-order valence-electron chi connectivity index (χ3n) is 9.91. The minimum absolute atomic E-state index is 0.525. The topological polar surface area (TPSA) is 82.8 Å². The predicted octanol–water partition coefficient (Wildman–Crippen LogP) is 11.7. The van der Waals surface area contributed by atoms with Crippen molar-refractivity contribution in [3.8, 4) is 51.3 Å². The Morgan fingerprint density at radius 1 is 0.396 bits per heavy atom. The fourth-order valence-corrected chi connectivity index (χ4v) is 7.41. The summed E-state index contributed by atoms with van der Waals surface area (Å²) in [5, 5.41) is 4.53. The minimum Gasteiger partial charge on any atom is -0.455 e. The van der Waals surface area contributed by atoms with E-state index in [1.54, 1.807) is 0 Å². The monoisotopic (exact) mass is 681 g/mol. The summed E-state index contributed by atoms with van der Waals surface area (Å²) in [5.74, 6) is 2.17. The van der Waals surface area contributed by atoms with Gasteiger partial charge in [0.15, 0.2) is 23.1 Å². The van der Waals surface area contributed by atoms with E-state index in [4.69, 9.17) is 28.8 Å². The van der Waals surface area contributed by atoms with Gasteiger partial charge in [-0.15, -0.1) is 0 Å². The zero-order valence-electron chi connectivity index (χ0n) is 28.1. The van der Waals surface area contributed by atoms with Gasteiger partial charge in [0.25, 0.3) is 0 Å². The standard InChI is InChI=1S/C46H27N5O2/c1-2-11-28(12-3-1)43-48-44(50-45(49-43)36-17-10-16-35-34-15-6-9-20-40(34)52-42(35)36)30-23-26-37-41(27-30)53-46(47-37)29-21-24-31(25-22-29)51-38-18-7-4-13-32(38)33-14-5-8-19-39(33)51/h1-27H. The van der Waals surface area contributed by atoms with Crippen molar-refractivity contribution in [2.24, 2.45) is 0 Å². The first-order valence-corrected chi connectivity index (χ1v) is 17.5. The first kappa shape index (κ1) is 29.4. The number of hydrogen-bond donors (Lipinski definition) is 0. The summed E-state index contributed by atoms with van der Waals surface area (Å²) in [4.78, 5) is 19.8. The van der Waals surface area contributed by atoms with Gasteiger partial charge >= 0.3 is 0 Å². The van der Waals surface area contributed by atoms with Crippen LogP contribution in [0.3, 0.4) is 0 Å². The van der Waals surface area contributed by atoms with Crippen LogP contribution in [-0.2, 0) is 0 Å². The Morgan fingerprint density at radius 3 is 1.79 bits per heavy atom. The highest BCUT2D eigenvalue weighted by Gasteiger charge is 2.19. The van der Waals surface area contributed by atoms with E-state index >= 15 is 0 Å². The molecule has 0 spiro atoms. The van der Waals surface area contributed by atoms with E-state index in [9.17, 15) is 0 Å². The lowest BCUT2D eigenvalue weighted by Crippen LogP contribution is -2.00. The van der Waals surface area contributed by atoms with Gasteiger partial charge in [-0.05, 0) is 66.7 Å². The van der Waals surface area contributed by atoms with Crippen LogP contribution in [0, 0.1) is 0 Å². The summed E-state index contributed by atoms with van der Waals surface area (Å²) in [7, 11) is 0. The van der Waals surface area contributed by atoms with Crippen LogP contribution in [0.2, 0.25) is 0 Å². The van der Waals surface area contributed by atoms with Gasteiger partial charge in [0.1, 0.15) is 16.7 Å². The molecule has 0 fully saturated rings. The molecule has 7 heteroatoms. The van der Waals surface area contributed by atoms with Gasteiger partial charge in [-0.25, -0.2) is 19.9 Å². The maximum absolute atomic E-state index is 6.40. The molecule has 248 valence electrons. The van der Waals surface area contributed by atoms with Gasteiger partial charge in [0.05, 0.1) is 16.6 Å². The highest BCUT2D eigenvalue weighted by molar-refractivity contribution is 6.10. The number of benzene rings is 7. The maximum Gasteiger partial charge on any atom is 0.227 e. The van der Waals surface area contributed by atoms with Crippen molar-refractivity contribution < 1.29 is 8.83 Å². The van der Waals surface area contributed by atoms with Gasteiger partial charge in [-0.1, -0.05) is 97.1 Å². The van der Waals surface area contributed by atoms with Crippen LogP contribution < -0.4 is 0 Å². The molecule has 0 atom stereocenters. The zero-order chi connectivity index (χ0) is 34.9. The van der Waals surface area contributed by atoms with Crippen molar-refractivity contribution in [3.63, 3.8) is 0 Å². The molecule has 0 unspecified atom stereocenters. The summed E-state index contributed by atoms with van der Waals surface area (Å²) in [6.45, 7) is 0. The number of fused-ring (bicyclic) bond motifs is 7. The molecule has 0 aliphatic carbocycles. The fraction of sp³-hybridized carbons (Fsp3) is 0. The normalized spacial score (nSPS) is 11.8. The lowest BCUT2D eigenvalue weighted by Gasteiger charge is -2.08. The number of nitrogens with zero attached hydrogens (tertiary/aromatic N) is 5. The third kappa shape index (κ3) is 4.75. The lowest BCUT2D eigenvalue weighted by molar-refractivity contribution is 0.620. The summed E-state index contributed by atoms with van der Waals surface area (Å²) in [6, 6.07) is 55.4. The number of para-hydroxylation sites is 4. The molecule has 0 aliphatic heterocycles. The van der Waals surface area contributed by atoms with Gasteiger partial charge < -0.3 is 13.4 Å². The molecule has 0 amide bonds. The second-order valence-corrected chi connectivity index (χ2v) is 13.1. The van der Waals surface area contributed by atoms with E-state index in [2.05, 4.69) is 89.5 Å². The van der Waals surface area contributed by atoms with Crippen LogP contribution in [0.25, 0.3) is 106 Å². The molecular formula is C46H27N5O2. The minimum atomic E-state index is 0.525. The van der Waals surface area contributed by atoms with Crippen molar-refractivity contribution in [2.75, 3.05) is 0 Å². The molecule has 0 saturated carbocycles. The highest BCUT2D eigenvalue weighted by Crippen LogP contribution is 2.37. The second-order valence-electron chi connectivity index (χ2n) is 13.1. The Bertz CT molecular complexity index is 3120. The molecule has 7 aromatic carbocycles. The number of oxazole rings is 1. The molecule has 53 heavy (non-hydrogen) atoms. The molecule has 11 aromatic rings. The molecule has 0 bridgehead atoms. The van der Waals surface area contributed by atoms with Crippen molar-refractivity contribution >= 4 is 54.8 Å². The third-order valence-corrected chi connectivity index (χ3v) is 9.91. The first-order valence-electron chi connectivity index (χ1n) is 17.5. The SMILES string of the molecule is c1ccc(-c2nc(-c3ccc4nc(-c5ccc(-n6c7ccccc7c7ccccc76)cc5)oc4c3)nc(-c3cccc4c3oc3ccccc34)n2)cc1. The van der Waals surface area contributed by atoms with Crippen LogP contribution in [0.1, 0.15) is 0 Å². The summed E-state index contributed by atoms with van der Waals surface area (Å²) in [5.41, 5.74) is 9.73. The molecule has 0 radical (unpaired) electrons. The van der Waals surface area contributed by atoms with Crippen LogP contribution in [0.4, 0.5) is 0 Å². The Labute approximate surface area is 302 Å². The molecule has 7 nitrogen and oxygen atoms in total. The molecular weight excluding hydrogens is 655 g/mol. The van der Waals surface area contributed by atoms with Gasteiger partial charge in [0.2, 0.25) is 5.89 Å². The highest BCUT2D eigenvalue weighted by atomic mass is 16.3. The zero-order valence-corrected chi connectivity index (χ0v) is 28.1. The lowest BCUT2D eigenvalue weighted by atomic mass is 10.1. The maximum atomic E-state index is 6.40. The largest absolute Gasteiger partial charge is 0.455 e. The average molecular weight is 682 g/mol. The first-order chi connectivity index (χ1) is 26.2. The molecule has 0 saturated heterocycles. The number of aromatic nitrogens is 5. The average Bonchev–Trinajstić information content (AvgIpc) is 3.93. The quantitative estimate of drug-likeness (QED) is 0.180. The van der Waals surface area contributed by atoms with Crippen LogP contribution in [0.5, 0.6) is 0 Å². The summed E-state index contributed by atoms with van der Waals surface area (Å²) in [6.07, 6.45) is 0. The van der Waals surface area contributed by atoms with E-state index < -0.39 is 0 Å².